The molecule has 0 fully saturated rings. The fraction of sp³-hybridized carbons (Fsp3) is 0.667. The predicted octanol–water partition coefficient (Wildman–Crippen LogP) is -0.398. The van der Waals surface area contributed by atoms with Gasteiger partial charge in [-0.1, -0.05) is 12.8 Å². The van der Waals surface area contributed by atoms with Crippen molar-refractivity contribution in [1.29, 1.82) is 0 Å². The van der Waals surface area contributed by atoms with Crippen molar-refractivity contribution in [2.45, 2.75) is 51.1 Å². The molecule has 0 aliphatic heterocycles. The molecule has 1 aromatic rings. The summed E-state index contributed by atoms with van der Waals surface area (Å²) in [5.41, 5.74) is -1.11. The van der Waals surface area contributed by atoms with E-state index in [-0.39, 0.29) is 19.6 Å². The molecular formula is C15H22F3N3O5. The van der Waals surface area contributed by atoms with Crippen LogP contribution in [0.2, 0.25) is 0 Å². The third kappa shape index (κ3) is 7.00. The first-order valence-corrected chi connectivity index (χ1v) is 8.11. The number of carbonyl (C=O) groups is 1. The number of aliphatic hydroxyl groups is 2. The number of nitrogens with one attached hydrogen (secondary N) is 1. The summed E-state index contributed by atoms with van der Waals surface area (Å²) in [6.45, 7) is -0.636. The van der Waals surface area contributed by atoms with Crippen LogP contribution in [0.1, 0.15) is 25.7 Å². The van der Waals surface area contributed by atoms with Gasteiger partial charge in [-0.05, 0) is 12.8 Å². The van der Waals surface area contributed by atoms with Crippen molar-refractivity contribution in [1.82, 2.24) is 14.5 Å². The van der Waals surface area contributed by atoms with Gasteiger partial charge in [0.25, 0.3) is 5.56 Å². The van der Waals surface area contributed by atoms with Crippen LogP contribution >= 0.6 is 0 Å². The summed E-state index contributed by atoms with van der Waals surface area (Å²) in [5.74, 6) is -1.97. The minimum atomic E-state index is -4.89. The van der Waals surface area contributed by atoms with Crippen LogP contribution in [0, 0.1) is 0 Å². The van der Waals surface area contributed by atoms with Crippen LogP contribution in [-0.2, 0) is 17.9 Å². The van der Waals surface area contributed by atoms with Gasteiger partial charge < -0.3 is 15.5 Å². The Morgan fingerprint density at radius 1 is 1.19 bits per heavy atom. The van der Waals surface area contributed by atoms with E-state index in [0.29, 0.717) is 25.7 Å². The molecule has 0 aliphatic rings. The highest BCUT2D eigenvalue weighted by atomic mass is 19.4. The van der Waals surface area contributed by atoms with Crippen molar-refractivity contribution >= 4 is 5.91 Å². The van der Waals surface area contributed by atoms with Gasteiger partial charge in [0.2, 0.25) is 0 Å². The Labute approximate surface area is 146 Å². The minimum Gasteiger partial charge on any atom is -0.394 e. The van der Waals surface area contributed by atoms with Gasteiger partial charge in [0.05, 0.1) is 19.3 Å². The van der Waals surface area contributed by atoms with Crippen molar-refractivity contribution in [3.8, 4) is 0 Å². The molecule has 11 heteroatoms. The molecule has 1 amide bonds. The zero-order valence-electron chi connectivity index (χ0n) is 14.0. The van der Waals surface area contributed by atoms with E-state index in [0.717, 1.165) is 9.13 Å². The largest absolute Gasteiger partial charge is 0.471 e. The van der Waals surface area contributed by atoms with Gasteiger partial charge >= 0.3 is 17.8 Å². The zero-order chi connectivity index (χ0) is 19.7. The summed E-state index contributed by atoms with van der Waals surface area (Å²) in [6, 6.07) is 1.18. The second kappa shape index (κ2) is 10.1. The van der Waals surface area contributed by atoms with Crippen molar-refractivity contribution < 1.29 is 28.2 Å². The van der Waals surface area contributed by atoms with Crippen molar-refractivity contribution in [3.05, 3.63) is 33.1 Å². The van der Waals surface area contributed by atoms with Crippen LogP contribution in [0.3, 0.4) is 0 Å². The summed E-state index contributed by atoms with van der Waals surface area (Å²) in [6.07, 6.45) is -2.89. The minimum absolute atomic E-state index is 0.102. The first-order chi connectivity index (χ1) is 12.2. The topological polar surface area (TPSA) is 114 Å². The van der Waals surface area contributed by atoms with Crippen LogP contribution in [0.15, 0.2) is 21.9 Å². The van der Waals surface area contributed by atoms with E-state index in [1.165, 1.54) is 12.3 Å². The molecule has 0 aromatic carbocycles. The predicted molar refractivity (Wildman–Crippen MR) is 85.6 cm³/mol. The van der Waals surface area contributed by atoms with Gasteiger partial charge in [-0.3, -0.25) is 18.7 Å². The highest BCUT2D eigenvalue weighted by Crippen LogP contribution is 2.14. The van der Waals surface area contributed by atoms with Gasteiger partial charge in [0.1, 0.15) is 0 Å². The summed E-state index contributed by atoms with van der Waals surface area (Å²) in [7, 11) is 0. The van der Waals surface area contributed by atoms with Crippen molar-refractivity contribution in [2.75, 3.05) is 13.2 Å². The van der Waals surface area contributed by atoms with Crippen LogP contribution in [-0.4, -0.2) is 50.7 Å². The van der Waals surface area contributed by atoms with Crippen LogP contribution < -0.4 is 16.6 Å². The van der Waals surface area contributed by atoms with Crippen LogP contribution in [0.4, 0.5) is 13.2 Å². The second-order valence-corrected chi connectivity index (χ2v) is 5.74. The lowest BCUT2D eigenvalue weighted by molar-refractivity contribution is -0.173. The van der Waals surface area contributed by atoms with Crippen molar-refractivity contribution in [3.63, 3.8) is 0 Å². The SMILES string of the molecule is O=C(NCCCCCCn1c(=O)ccn(CC(O)CO)c1=O)C(F)(F)F. The van der Waals surface area contributed by atoms with E-state index in [4.69, 9.17) is 5.11 Å². The molecule has 1 atom stereocenters. The van der Waals surface area contributed by atoms with Crippen LogP contribution in [0.25, 0.3) is 0 Å². The number of hydrogen-bond acceptors (Lipinski definition) is 5. The summed E-state index contributed by atoms with van der Waals surface area (Å²) >= 11 is 0. The number of rotatable bonds is 10. The highest BCUT2D eigenvalue weighted by Gasteiger charge is 2.38. The average Bonchev–Trinajstić information content (AvgIpc) is 2.57. The summed E-state index contributed by atoms with van der Waals surface area (Å²) < 4.78 is 38.0. The molecule has 1 aromatic heterocycles. The lowest BCUT2D eigenvalue weighted by atomic mass is 10.2. The molecule has 0 radical (unpaired) electrons. The maximum Gasteiger partial charge on any atom is 0.471 e. The first-order valence-electron chi connectivity index (χ1n) is 8.11. The highest BCUT2D eigenvalue weighted by molar-refractivity contribution is 5.81. The van der Waals surface area contributed by atoms with Crippen LogP contribution in [0.5, 0.6) is 0 Å². The number of carbonyl (C=O) groups excluding carboxylic acids is 1. The monoisotopic (exact) mass is 381 g/mol. The summed E-state index contributed by atoms with van der Waals surface area (Å²) in [5, 5.41) is 20.0. The molecule has 1 heterocycles. The molecule has 0 spiro atoms. The van der Waals surface area contributed by atoms with Gasteiger partial charge in [0, 0.05) is 25.4 Å². The van der Waals surface area contributed by atoms with E-state index >= 15 is 0 Å². The first kappa shape index (κ1) is 21.9. The molecular weight excluding hydrogens is 359 g/mol. The van der Waals surface area contributed by atoms with E-state index in [9.17, 15) is 32.7 Å². The Balaban J connectivity index is 2.42. The number of hydrogen-bond donors (Lipinski definition) is 3. The lowest BCUT2D eigenvalue weighted by Gasteiger charge is -2.12. The fourth-order valence-corrected chi connectivity index (χ4v) is 2.24. The Bertz CT molecular complexity index is 699. The second-order valence-electron chi connectivity index (χ2n) is 5.74. The molecule has 0 aliphatic carbocycles. The molecule has 26 heavy (non-hydrogen) atoms. The van der Waals surface area contributed by atoms with Crippen molar-refractivity contribution in [2.24, 2.45) is 0 Å². The fourth-order valence-electron chi connectivity index (χ4n) is 2.24. The van der Waals surface area contributed by atoms with E-state index in [1.807, 2.05) is 0 Å². The average molecular weight is 381 g/mol. The molecule has 8 nitrogen and oxygen atoms in total. The molecule has 0 saturated heterocycles. The maximum atomic E-state index is 12.2. The number of alkyl halides is 3. The molecule has 0 bridgehead atoms. The third-order valence-electron chi connectivity index (χ3n) is 3.61. The zero-order valence-corrected chi connectivity index (χ0v) is 14.0. The molecule has 1 unspecified atom stereocenters. The van der Waals surface area contributed by atoms with E-state index in [1.54, 1.807) is 5.32 Å². The number of amides is 1. The van der Waals surface area contributed by atoms with E-state index in [2.05, 4.69) is 0 Å². The Morgan fingerprint density at radius 3 is 2.46 bits per heavy atom. The molecule has 0 saturated carbocycles. The molecule has 3 N–H and O–H groups in total. The number of aliphatic hydroxyl groups excluding tert-OH is 2. The Morgan fingerprint density at radius 2 is 1.85 bits per heavy atom. The smallest absolute Gasteiger partial charge is 0.394 e. The quantitative estimate of drug-likeness (QED) is 0.478. The number of unbranched alkanes of at least 4 members (excludes halogenated alkanes) is 3. The van der Waals surface area contributed by atoms with Gasteiger partial charge in [-0.2, -0.15) is 13.2 Å². The molecule has 148 valence electrons. The Hall–Kier alpha value is -2.14. The third-order valence-corrected chi connectivity index (χ3v) is 3.61. The summed E-state index contributed by atoms with van der Waals surface area (Å²) in [4.78, 5) is 34.5. The van der Waals surface area contributed by atoms with Gasteiger partial charge in [0.15, 0.2) is 0 Å². The normalized spacial score (nSPS) is 12.8. The van der Waals surface area contributed by atoms with Gasteiger partial charge in [-0.25, -0.2) is 4.79 Å². The van der Waals surface area contributed by atoms with Gasteiger partial charge in [-0.15, -0.1) is 0 Å². The number of nitrogens with zero attached hydrogens (tertiary/aromatic N) is 2. The Kier molecular flexibility index (Phi) is 8.52. The lowest BCUT2D eigenvalue weighted by Crippen LogP contribution is -2.41. The number of halogens is 3. The number of aromatic nitrogens is 2. The van der Waals surface area contributed by atoms with E-state index < -0.39 is 36.0 Å². The molecule has 1 rings (SSSR count). The standard InChI is InChI=1S/C15H22F3N3O5/c16-15(17,18)13(25)19-6-3-1-2-4-7-21-12(24)5-8-20(14(21)26)9-11(23)10-22/h5,8,11,22-23H,1-4,6-7,9-10H2,(H,19,25). The maximum absolute atomic E-state index is 12.2.